The van der Waals surface area contributed by atoms with Crippen molar-refractivity contribution in [2.24, 2.45) is 0 Å². The first-order valence-corrected chi connectivity index (χ1v) is 12.2. The van der Waals surface area contributed by atoms with Gasteiger partial charge in [-0.15, -0.1) is 0 Å². The van der Waals surface area contributed by atoms with Crippen LogP contribution in [0.1, 0.15) is 16.7 Å². The Bertz CT molecular complexity index is 1050. The smallest absolute Gasteiger partial charge is 0.325 e. The van der Waals surface area contributed by atoms with E-state index in [2.05, 4.69) is 11.9 Å². The van der Waals surface area contributed by atoms with Gasteiger partial charge >= 0.3 is 5.97 Å². The van der Waals surface area contributed by atoms with E-state index < -0.39 is 34.3 Å². The molecule has 0 aliphatic rings. The number of hydrogen-bond donors (Lipinski definition) is 1. The Morgan fingerprint density at radius 1 is 0.909 bits per heavy atom. The van der Waals surface area contributed by atoms with Gasteiger partial charge in [0, 0.05) is 0 Å². The van der Waals surface area contributed by atoms with E-state index in [4.69, 9.17) is 8.92 Å². The van der Waals surface area contributed by atoms with Crippen LogP contribution >= 0.6 is 0 Å². The van der Waals surface area contributed by atoms with E-state index in [1.165, 1.54) is 6.08 Å². The summed E-state index contributed by atoms with van der Waals surface area (Å²) in [6, 6.07) is 27.8. The molecule has 0 bridgehead atoms. The van der Waals surface area contributed by atoms with Gasteiger partial charge in [-0.25, -0.2) is 0 Å². The molecular formula is C26H27NO5S. The molecule has 0 aromatic heterocycles. The molecule has 1 N–H and O–H groups in total. The maximum absolute atomic E-state index is 13.0. The fourth-order valence-corrected chi connectivity index (χ4v) is 4.06. The SMILES string of the molecule is C=CCOC(=O)[C@@H](COS(C)(=O)=O)NC(c1ccccc1)(c1ccccc1)c1ccccc1. The molecule has 0 heterocycles. The molecule has 1 atom stereocenters. The number of benzene rings is 3. The molecule has 3 rings (SSSR count). The van der Waals surface area contributed by atoms with Crippen LogP contribution < -0.4 is 5.32 Å². The van der Waals surface area contributed by atoms with Gasteiger partial charge in [0.15, 0.2) is 0 Å². The van der Waals surface area contributed by atoms with Crippen LogP contribution in [-0.4, -0.2) is 39.9 Å². The second kappa shape index (κ2) is 11.0. The van der Waals surface area contributed by atoms with Gasteiger partial charge in [0.05, 0.1) is 18.4 Å². The lowest BCUT2D eigenvalue weighted by Crippen LogP contribution is -2.54. The number of esters is 1. The minimum atomic E-state index is -3.79. The van der Waals surface area contributed by atoms with Crippen molar-refractivity contribution in [3.63, 3.8) is 0 Å². The van der Waals surface area contributed by atoms with E-state index in [0.29, 0.717) is 0 Å². The third-order valence-corrected chi connectivity index (χ3v) is 5.65. The molecule has 0 saturated heterocycles. The lowest BCUT2D eigenvalue weighted by molar-refractivity contribution is -0.146. The zero-order valence-electron chi connectivity index (χ0n) is 18.4. The van der Waals surface area contributed by atoms with Gasteiger partial charge in [-0.1, -0.05) is 104 Å². The fourth-order valence-electron chi connectivity index (χ4n) is 3.68. The highest BCUT2D eigenvalue weighted by atomic mass is 32.2. The van der Waals surface area contributed by atoms with Crippen molar-refractivity contribution in [1.29, 1.82) is 0 Å². The first kappa shape index (κ1) is 24.4. The summed E-state index contributed by atoms with van der Waals surface area (Å²) < 4.78 is 33.8. The summed E-state index contributed by atoms with van der Waals surface area (Å²) >= 11 is 0. The van der Waals surface area contributed by atoms with Crippen LogP contribution in [0.3, 0.4) is 0 Å². The first-order valence-electron chi connectivity index (χ1n) is 10.4. The Labute approximate surface area is 195 Å². The number of carbonyl (C=O) groups is 1. The molecule has 33 heavy (non-hydrogen) atoms. The molecule has 0 amide bonds. The molecule has 3 aromatic carbocycles. The zero-order valence-corrected chi connectivity index (χ0v) is 19.2. The average molecular weight is 466 g/mol. The van der Waals surface area contributed by atoms with E-state index in [-0.39, 0.29) is 6.61 Å². The Morgan fingerprint density at radius 3 is 1.70 bits per heavy atom. The lowest BCUT2D eigenvalue weighted by Gasteiger charge is -2.39. The molecule has 3 aromatic rings. The van der Waals surface area contributed by atoms with Crippen molar-refractivity contribution in [2.45, 2.75) is 11.6 Å². The second-order valence-corrected chi connectivity index (χ2v) is 9.10. The lowest BCUT2D eigenvalue weighted by atomic mass is 9.76. The van der Waals surface area contributed by atoms with Crippen molar-refractivity contribution < 1.29 is 22.1 Å². The predicted molar refractivity (Wildman–Crippen MR) is 128 cm³/mol. The van der Waals surface area contributed by atoms with Crippen molar-refractivity contribution in [3.05, 3.63) is 120 Å². The van der Waals surface area contributed by atoms with Gasteiger partial charge in [-0.3, -0.25) is 14.3 Å². The summed E-state index contributed by atoms with van der Waals surface area (Å²) in [6.07, 6.45) is 2.39. The van der Waals surface area contributed by atoms with Crippen molar-refractivity contribution in [2.75, 3.05) is 19.5 Å². The minimum absolute atomic E-state index is 0.00903. The Morgan fingerprint density at radius 2 is 1.33 bits per heavy atom. The topological polar surface area (TPSA) is 81.7 Å². The summed E-state index contributed by atoms with van der Waals surface area (Å²) in [4.78, 5) is 13.0. The number of carbonyl (C=O) groups excluding carboxylic acids is 1. The third-order valence-electron chi connectivity index (χ3n) is 5.09. The molecule has 0 radical (unpaired) electrons. The van der Waals surface area contributed by atoms with Gasteiger partial charge in [0.2, 0.25) is 0 Å². The van der Waals surface area contributed by atoms with E-state index in [1.54, 1.807) is 0 Å². The number of ether oxygens (including phenoxy) is 1. The van der Waals surface area contributed by atoms with Gasteiger partial charge in [0.1, 0.15) is 12.6 Å². The Hall–Kier alpha value is -3.26. The van der Waals surface area contributed by atoms with Gasteiger partial charge in [0.25, 0.3) is 10.1 Å². The maximum Gasteiger partial charge on any atom is 0.325 e. The molecule has 6 nitrogen and oxygen atoms in total. The average Bonchev–Trinajstić information content (AvgIpc) is 2.84. The molecule has 0 fully saturated rings. The normalized spacial score (nSPS) is 12.6. The molecular weight excluding hydrogens is 438 g/mol. The summed E-state index contributed by atoms with van der Waals surface area (Å²) in [5, 5.41) is 3.40. The highest BCUT2D eigenvalue weighted by molar-refractivity contribution is 7.85. The molecule has 0 aliphatic heterocycles. The number of hydrogen-bond acceptors (Lipinski definition) is 6. The van der Waals surface area contributed by atoms with Crippen LogP contribution in [0.4, 0.5) is 0 Å². The summed E-state index contributed by atoms with van der Waals surface area (Å²) in [6.45, 7) is 3.13. The first-order chi connectivity index (χ1) is 15.9. The zero-order chi connectivity index (χ0) is 23.7. The van der Waals surface area contributed by atoms with Crippen LogP contribution in [0.25, 0.3) is 0 Å². The van der Waals surface area contributed by atoms with E-state index >= 15 is 0 Å². The van der Waals surface area contributed by atoms with Crippen LogP contribution in [0.15, 0.2) is 104 Å². The monoisotopic (exact) mass is 465 g/mol. The third kappa shape index (κ3) is 6.16. The summed E-state index contributed by atoms with van der Waals surface area (Å²) in [5.41, 5.74) is 1.59. The van der Waals surface area contributed by atoms with Crippen LogP contribution in [-0.2, 0) is 29.4 Å². The maximum atomic E-state index is 13.0. The van der Waals surface area contributed by atoms with Gasteiger partial charge < -0.3 is 4.74 Å². The van der Waals surface area contributed by atoms with E-state index in [0.717, 1.165) is 22.9 Å². The van der Waals surface area contributed by atoms with Crippen molar-refractivity contribution in [3.8, 4) is 0 Å². The van der Waals surface area contributed by atoms with E-state index in [1.807, 2.05) is 91.0 Å². The van der Waals surface area contributed by atoms with Gasteiger partial charge in [-0.05, 0) is 16.7 Å². The quantitative estimate of drug-likeness (QED) is 0.202. The standard InChI is InChI=1S/C26H27NO5S/c1-3-19-31-25(28)24(20-32-33(2,29)30)27-26(21-13-7-4-8-14-21,22-15-9-5-10-16-22)23-17-11-6-12-18-23/h3-18,24,27H,1,19-20H2,2H3/t24-/m1/s1. The van der Waals surface area contributed by atoms with Crippen LogP contribution in [0.2, 0.25) is 0 Å². The van der Waals surface area contributed by atoms with Crippen molar-refractivity contribution in [1.82, 2.24) is 5.32 Å². The highest BCUT2D eigenvalue weighted by Gasteiger charge is 2.40. The summed E-state index contributed by atoms with van der Waals surface area (Å²) in [7, 11) is -3.79. The molecule has 0 saturated carbocycles. The van der Waals surface area contributed by atoms with Crippen LogP contribution in [0.5, 0.6) is 0 Å². The number of rotatable bonds is 11. The van der Waals surface area contributed by atoms with E-state index in [9.17, 15) is 13.2 Å². The minimum Gasteiger partial charge on any atom is -0.460 e. The largest absolute Gasteiger partial charge is 0.460 e. The molecule has 0 spiro atoms. The Balaban J connectivity index is 2.20. The second-order valence-electron chi connectivity index (χ2n) is 7.45. The molecule has 7 heteroatoms. The van der Waals surface area contributed by atoms with Gasteiger partial charge in [-0.2, -0.15) is 8.42 Å². The van der Waals surface area contributed by atoms with Crippen molar-refractivity contribution >= 4 is 16.1 Å². The molecule has 172 valence electrons. The fraction of sp³-hybridized carbons (Fsp3) is 0.192. The molecule has 0 unspecified atom stereocenters. The highest BCUT2D eigenvalue weighted by Crippen LogP contribution is 2.37. The number of nitrogens with one attached hydrogen (secondary N) is 1. The molecule has 0 aliphatic carbocycles. The Kier molecular flexibility index (Phi) is 8.16. The summed E-state index contributed by atoms with van der Waals surface area (Å²) in [5.74, 6) is -0.647. The predicted octanol–water partition coefficient (Wildman–Crippen LogP) is 3.64. The van der Waals surface area contributed by atoms with Crippen LogP contribution in [0, 0.1) is 0 Å².